The molecule has 1 aliphatic rings. The van der Waals surface area contributed by atoms with Gasteiger partial charge in [-0.05, 0) is 44.2 Å². The van der Waals surface area contributed by atoms with Crippen LogP contribution in [0, 0.1) is 13.8 Å². The maximum Gasteiger partial charge on any atom is 0.192 e. The van der Waals surface area contributed by atoms with Gasteiger partial charge in [0.25, 0.3) is 0 Å². The van der Waals surface area contributed by atoms with Crippen LogP contribution in [0.15, 0.2) is 66.6 Å². The quantitative estimate of drug-likeness (QED) is 0.203. The number of nitrogens with zero attached hydrogens (tertiary/aromatic N) is 5. The largest absolute Gasteiger partial charge is 0.486 e. The molecule has 9 heteroatoms. The normalized spacial score (nSPS) is 12.5. The Morgan fingerprint density at radius 2 is 1.86 bits per heavy atom. The number of carbonyl (C=O) groups is 1. The second kappa shape index (κ2) is 9.79. The number of fused-ring (bicyclic) bond motifs is 1. The molecular weight excluding hydrogens is 462 g/mol. The molecular formula is C26H25N5O3S. The van der Waals surface area contributed by atoms with Crippen molar-refractivity contribution in [1.82, 2.24) is 24.3 Å². The van der Waals surface area contributed by atoms with Gasteiger partial charge in [0.15, 0.2) is 28.3 Å². The molecule has 1 aromatic carbocycles. The van der Waals surface area contributed by atoms with Crippen molar-refractivity contribution in [2.75, 3.05) is 19.0 Å². The summed E-state index contributed by atoms with van der Waals surface area (Å²) < 4.78 is 15.4. The Bertz CT molecular complexity index is 1390. The van der Waals surface area contributed by atoms with Crippen LogP contribution in [0.2, 0.25) is 0 Å². The Labute approximate surface area is 207 Å². The third-order valence-electron chi connectivity index (χ3n) is 5.81. The molecule has 0 fully saturated rings. The van der Waals surface area contributed by atoms with Crippen LogP contribution in [-0.2, 0) is 6.54 Å². The SMILES string of the molecule is C=CCn1c(SCC(=O)c2cc(C)n(-c3ccc4c(c3)OCCO4)c2C)nnc1-c1ccncc1. The second-order valence-electron chi connectivity index (χ2n) is 8.10. The number of benzene rings is 1. The number of allylic oxidation sites excluding steroid dienone is 1. The van der Waals surface area contributed by atoms with Gasteiger partial charge in [0.2, 0.25) is 0 Å². The summed E-state index contributed by atoms with van der Waals surface area (Å²) in [5, 5.41) is 9.35. The van der Waals surface area contributed by atoms with Crippen molar-refractivity contribution in [2.24, 2.45) is 0 Å². The van der Waals surface area contributed by atoms with Crippen LogP contribution in [0.3, 0.4) is 0 Å². The van der Waals surface area contributed by atoms with Crippen LogP contribution >= 0.6 is 11.8 Å². The molecule has 5 rings (SSSR count). The van der Waals surface area contributed by atoms with E-state index in [0.29, 0.717) is 30.5 Å². The number of thioether (sulfide) groups is 1. The van der Waals surface area contributed by atoms with Gasteiger partial charge in [-0.3, -0.25) is 14.3 Å². The minimum absolute atomic E-state index is 0.0329. The summed E-state index contributed by atoms with van der Waals surface area (Å²) in [5.41, 5.74) is 4.39. The van der Waals surface area contributed by atoms with Crippen molar-refractivity contribution in [3.05, 3.63) is 78.4 Å². The first-order valence-electron chi connectivity index (χ1n) is 11.3. The van der Waals surface area contributed by atoms with Crippen molar-refractivity contribution < 1.29 is 14.3 Å². The van der Waals surface area contributed by atoms with E-state index in [-0.39, 0.29) is 11.5 Å². The van der Waals surface area contributed by atoms with Crippen LogP contribution in [0.5, 0.6) is 11.5 Å². The molecule has 4 aromatic rings. The standard InChI is InChI=1S/C26H25N5O3S/c1-4-11-30-25(19-7-9-27-10-8-19)28-29-26(30)35-16-22(32)21-14-17(2)31(18(21)3)20-5-6-23-24(15-20)34-13-12-33-23/h4-10,14-15H,1,11-13,16H2,2-3H3. The predicted molar refractivity (Wildman–Crippen MR) is 135 cm³/mol. The molecule has 35 heavy (non-hydrogen) atoms. The van der Waals surface area contributed by atoms with Crippen molar-refractivity contribution in [1.29, 1.82) is 0 Å². The smallest absolute Gasteiger partial charge is 0.192 e. The number of rotatable bonds is 8. The lowest BCUT2D eigenvalue weighted by molar-refractivity contribution is 0.102. The van der Waals surface area contributed by atoms with E-state index in [2.05, 4.69) is 26.3 Å². The third kappa shape index (κ3) is 4.46. The molecule has 0 unspecified atom stereocenters. The summed E-state index contributed by atoms with van der Waals surface area (Å²) in [4.78, 5) is 17.3. The fraction of sp³-hybridized carbons (Fsp3) is 0.231. The molecule has 0 atom stereocenters. The van der Waals surface area contributed by atoms with Crippen LogP contribution in [0.1, 0.15) is 21.7 Å². The second-order valence-corrected chi connectivity index (χ2v) is 9.04. The van der Waals surface area contributed by atoms with Crippen LogP contribution < -0.4 is 9.47 Å². The molecule has 8 nitrogen and oxygen atoms in total. The minimum atomic E-state index is 0.0329. The Morgan fingerprint density at radius 3 is 2.63 bits per heavy atom. The number of Topliss-reactive ketones (excluding diaryl/α,β-unsaturated/α-hetero) is 1. The molecule has 0 saturated carbocycles. The third-order valence-corrected chi connectivity index (χ3v) is 6.78. The lowest BCUT2D eigenvalue weighted by atomic mass is 10.2. The highest BCUT2D eigenvalue weighted by molar-refractivity contribution is 7.99. The molecule has 1 aliphatic heterocycles. The summed E-state index contributed by atoms with van der Waals surface area (Å²) in [6, 6.07) is 11.6. The van der Waals surface area contributed by atoms with E-state index in [1.807, 2.05) is 54.8 Å². The lowest BCUT2D eigenvalue weighted by Gasteiger charge is -2.20. The van der Waals surface area contributed by atoms with E-state index in [0.717, 1.165) is 40.0 Å². The Morgan fingerprint density at radius 1 is 1.09 bits per heavy atom. The molecule has 3 aromatic heterocycles. The number of hydrogen-bond donors (Lipinski definition) is 0. The summed E-state index contributed by atoms with van der Waals surface area (Å²) in [6.07, 6.45) is 5.23. The Kier molecular flexibility index (Phi) is 6.41. The molecule has 0 spiro atoms. The molecule has 0 saturated heterocycles. The van der Waals surface area contributed by atoms with Crippen molar-refractivity contribution in [2.45, 2.75) is 25.5 Å². The fourth-order valence-corrected chi connectivity index (χ4v) is 5.06. The number of aryl methyl sites for hydroxylation is 1. The lowest BCUT2D eigenvalue weighted by Crippen LogP contribution is -2.15. The number of aromatic nitrogens is 5. The number of carbonyl (C=O) groups excluding carboxylic acids is 1. The van der Waals surface area contributed by atoms with Crippen LogP contribution in [0.25, 0.3) is 17.1 Å². The average molecular weight is 488 g/mol. The van der Waals surface area contributed by atoms with Crippen molar-refractivity contribution in [3.63, 3.8) is 0 Å². The van der Waals surface area contributed by atoms with E-state index in [1.165, 1.54) is 11.8 Å². The van der Waals surface area contributed by atoms with E-state index < -0.39 is 0 Å². The number of ketones is 1. The van der Waals surface area contributed by atoms with E-state index >= 15 is 0 Å². The van der Waals surface area contributed by atoms with Gasteiger partial charge in [0.1, 0.15) is 13.2 Å². The van der Waals surface area contributed by atoms with Gasteiger partial charge >= 0.3 is 0 Å². The fourth-order valence-electron chi connectivity index (χ4n) is 4.23. The van der Waals surface area contributed by atoms with Gasteiger partial charge < -0.3 is 14.0 Å². The van der Waals surface area contributed by atoms with Gasteiger partial charge in [-0.25, -0.2) is 0 Å². The van der Waals surface area contributed by atoms with Gasteiger partial charge in [0, 0.05) is 53.2 Å². The highest BCUT2D eigenvalue weighted by Crippen LogP contribution is 2.34. The van der Waals surface area contributed by atoms with Crippen LogP contribution in [0.4, 0.5) is 0 Å². The highest BCUT2D eigenvalue weighted by Gasteiger charge is 2.21. The predicted octanol–water partition coefficient (Wildman–Crippen LogP) is 4.68. The zero-order valence-corrected chi connectivity index (χ0v) is 20.4. The molecule has 0 N–H and O–H groups in total. The van der Waals surface area contributed by atoms with Gasteiger partial charge in [-0.1, -0.05) is 17.8 Å². The van der Waals surface area contributed by atoms with Gasteiger partial charge in [-0.2, -0.15) is 0 Å². The van der Waals surface area contributed by atoms with Crippen molar-refractivity contribution >= 4 is 17.5 Å². The Hall–Kier alpha value is -3.85. The first kappa shape index (κ1) is 22.9. The first-order chi connectivity index (χ1) is 17.1. The summed E-state index contributed by atoms with van der Waals surface area (Å²) >= 11 is 1.37. The van der Waals surface area contributed by atoms with E-state index in [4.69, 9.17) is 9.47 Å². The summed E-state index contributed by atoms with van der Waals surface area (Å²) in [5.74, 6) is 2.46. The summed E-state index contributed by atoms with van der Waals surface area (Å²) in [6.45, 7) is 9.43. The molecule has 0 amide bonds. The molecule has 178 valence electrons. The molecule has 0 bridgehead atoms. The van der Waals surface area contributed by atoms with Gasteiger partial charge in [-0.15, -0.1) is 16.8 Å². The van der Waals surface area contributed by atoms with E-state index in [9.17, 15) is 4.79 Å². The highest BCUT2D eigenvalue weighted by atomic mass is 32.2. The Balaban J connectivity index is 1.37. The van der Waals surface area contributed by atoms with E-state index in [1.54, 1.807) is 18.5 Å². The number of ether oxygens (including phenoxy) is 2. The maximum atomic E-state index is 13.2. The number of pyridine rings is 1. The number of hydrogen-bond acceptors (Lipinski definition) is 7. The average Bonchev–Trinajstić information content (AvgIpc) is 3.42. The maximum absolute atomic E-state index is 13.2. The first-order valence-corrected chi connectivity index (χ1v) is 12.2. The molecule has 0 aliphatic carbocycles. The summed E-state index contributed by atoms with van der Waals surface area (Å²) in [7, 11) is 0. The monoisotopic (exact) mass is 487 g/mol. The topological polar surface area (TPSA) is 84.1 Å². The zero-order valence-electron chi connectivity index (χ0n) is 19.6. The zero-order chi connectivity index (χ0) is 24.4. The minimum Gasteiger partial charge on any atom is -0.486 e. The van der Waals surface area contributed by atoms with Gasteiger partial charge in [0.05, 0.1) is 5.75 Å². The van der Waals surface area contributed by atoms with Crippen molar-refractivity contribution in [3.8, 4) is 28.6 Å². The molecule has 4 heterocycles. The molecule has 0 radical (unpaired) electrons. The van der Waals surface area contributed by atoms with Crippen LogP contribution in [-0.4, -0.2) is 49.1 Å².